The molecule has 3 aromatic rings. The molecule has 1 fully saturated rings. The molecule has 1 aromatic heterocycles. The van der Waals surface area contributed by atoms with Crippen LogP contribution in [0.2, 0.25) is 0 Å². The summed E-state index contributed by atoms with van der Waals surface area (Å²) in [6, 6.07) is 19.5. The number of amides is 1. The summed E-state index contributed by atoms with van der Waals surface area (Å²) >= 11 is 0. The number of aromatic nitrogens is 1. The van der Waals surface area contributed by atoms with Gasteiger partial charge in [-0.3, -0.25) is 4.79 Å². The second-order valence-corrected chi connectivity index (χ2v) is 6.78. The zero-order valence-corrected chi connectivity index (χ0v) is 13.8. The van der Waals surface area contributed by atoms with Gasteiger partial charge in [0.05, 0.1) is 12.2 Å². The van der Waals surface area contributed by atoms with Crippen molar-refractivity contribution in [3.63, 3.8) is 0 Å². The van der Waals surface area contributed by atoms with Crippen LogP contribution < -0.4 is 9.64 Å². The van der Waals surface area contributed by atoms with Crippen LogP contribution in [0.3, 0.4) is 0 Å². The van der Waals surface area contributed by atoms with E-state index >= 15 is 0 Å². The molecule has 0 atom stereocenters. The molecule has 4 heteroatoms. The number of hydrogen-bond donors (Lipinski definition) is 0. The molecule has 0 saturated heterocycles. The number of anilines is 1. The Morgan fingerprint density at radius 2 is 1.76 bits per heavy atom. The summed E-state index contributed by atoms with van der Waals surface area (Å²) in [5.74, 6) is 0.831. The maximum atomic E-state index is 13.3. The predicted molar refractivity (Wildman–Crippen MR) is 96.5 cm³/mol. The first-order chi connectivity index (χ1) is 12.2. The SMILES string of the molecule is O=C(c1cccc(-n2cccc2)c1)N1CC2(CC2)Oc2ccccc21. The fraction of sp³-hybridized carbons (Fsp3) is 0.190. The number of carbonyl (C=O) groups excluding carboxylic acids is 1. The minimum atomic E-state index is -0.179. The van der Waals surface area contributed by atoms with Gasteiger partial charge in [0.25, 0.3) is 5.91 Å². The molecular formula is C21H18N2O2. The highest BCUT2D eigenvalue weighted by molar-refractivity contribution is 6.07. The molecule has 4 nitrogen and oxygen atoms in total. The molecule has 1 spiro atoms. The lowest BCUT2D eigenvalue weighted by Crippen LogP contribution is -2.45. The van der Waals surface area contributed by atoms with Crippen LogP contribution in [0.15, 0.2) is 73.1 Å². The summed E-state index contributed by atoms with van der Waals surface area (Å²) in [6.07, 6.45) is 5.97. The van der Waals surface area contributed by atoms with E-state index in [0.29, 0.717) is 12.1 Å². The quantitative estimate of drug-likeness (QED) is 0.710. The maximum Gasteiger partial charge on any atom is 0.258 e. The number of carbonyl (C=O) groups is 1. The maximum absolute atomic E-state index is 13.3. The van der Waals surface area contributed by atoms with E-state index < -0.39 is 0 Å². The first-order valence-corrected chi connectivity index (χ1v) is 8.58. The number of para-hydroxylation sites is 2. The zero-order chi connectivity index (χ0) is 16.9. The number of nitrogens with zero attached hydrogens (tertiary/aromatic N) is 2. The van der Waals surface area contributed by atoms with Crippen molar-refractivity contribution < 1.29 is 9.53 Å². The average molecular weight is 330 g/mol. The molecule has 0 bridgehead atoms. The van der Waals surface area contributed by atoms with Crippen LogP contribution in [0.4, 0.5) is 5.69 Å². The number of ether oxygens (including phenoxy) is 1. The van der Waals surface area contributed by atoms with E-state index in [0.717, 1.165) is 30.0 Å². The summed E-state index contributed by atoms with van der Waals surface area (Å²) in [5, 5.41) is 0. The van der Waals surface area contributed by atoms with Crippen LogP contribution in [0.1, 0.15) is 23.2 Å². The lowest BCUT2D eigenvalue weighted by atomic mass is 10.1. The van der Waals surface area contributed by atoms with Crippen molar-refractivity contribution in [2.24, 2.45) is 0 Å². The summed E-state index contributed by atoms with van der Waals surface area (Å²) in [7, 11) is 0. The van der Waals surface area contributed by atoms with E-state index in [1.54, 1.807) is 0 Å². The van der Waals surface area contributed by atoms with Crippen molar-refractivity contribution in [1.82, 2.24) is 4.57 Å². The Hall–Kier alpha value is -3.01. The van der Waals surface area contributed by atoms with Gasteiger partial charge in [-0.2, -0.15) is 0 Å². The molecule has 0 N–H and O–H groups in total. The Bertz CT molecular complexity index is 942. The van der Waals surface area contributed by atoms with Crippen LogP contribution in [0.5, 0.6) is 5.75 Å². The number of benzene rings is 2. The minimum Gasteiger partial charge on any atom is -0.483 e. The fourth-order valence-electron chi connectivity index (χ4n) is 3.45. The highest BCUT2D eigenvalue weighted by atomic mass is 16.5. The van der Waals surface area contributed by atoms with Crippen molar-refractivity contribution in [3.05, 3.63) is 78.6 Å². The topological polar surface area (TPSA) is 34.5 Å². The van der Waals surface area contributed by atoms with Gasteiger partial charge in [0.2, 0.25) is 0 Å². The number of rotatable bonds is 2. The molecule has 25 heavy (non-hydrogen) atoms. The fourth-order valence-corrected chi connectivity index (χ4v) is 3.45. The molecule has 1 aliphatic heterocycles. The zero-order valence-electron chi connectivity index (χ0n) is 13.8. The first-order valence-electron chi connectivity index (χ1n) is 8.58. The normalized spacial score (nSPS) is 17.0. The largest absolute Gasteiger partial charge is 0.483 e. The van der Waals surface area contributed by atoms with E-state index in [9.17, 15) is 4.79 Å². The minimum absolute atomic E-state index is 0.0241. The molecule has 0 unspecified atom stereocenters. The average Bonchev–Trinajstić information content (AvgIpc) is 3.18. The molecule has 1 aliphatic carbocycles. The van der Waals surface area contributed by atoms with Gasteiger partial charge in [0.1, 0.15) is 11.4 Å². The first kappa shape index (κ1) is 14.3. The molecule has 2 aliphatic rings. The molecule has 0 radical (unpaired) electrons. The Morgan fingerprint density at radius 3 is 2.56 bits per heavy atom. The second kappa shape index (κ2) is 5.24. The Balaban J connectivity index is 1.53. The molecule has 1 amide bonds. The monoisotopic (exact) mass is 330 g/mol. The van der Waals surface area contributed by atoms with Gasteiger partial charge in [-0.1, -0.05) is 18.2 Å². The smallest absolute Gasteiger partial charge is 0.258 e. The van der Waals surface area contributed by atoms with Crippen LogP contribution in [0, 0.1) is 0 Å². The number of fused-ring (bicyclic) bond motifs is 1. The van der Waals surface area contributed by atoms with Gasteiger partial charge in [-0.15, -0.1) is 0 Å². The van der Waals surface area contributed by atoms with Gasteiger partial charge in [0, 0.05) is 23.6 Å². The van der Waals surface area contributed by atoms with Gasteiger partial charge in [0.15, 0.2) is 0 Å². The lowest BCUT2D eigenvalue weighted by Gasteiger charge is -2.35. The highest BCUT2D eigenvalue weighted by Gasteiger charge is 2.51. The van der Waals surface area contributed by atoms with Crippen LogP contribution >= 0.6 is 0 Å². The van der Waals surface area contributed by atoms with Gasteiger partial charge < -0.3 is 14.2 Å². The van der Waals surface area contributed by atoms with Crippen LogP contribution in [0.25, 0.3) is 5.69 Å². The number of hydrogen-bond acceptors (Lipinski definition) is 2. The van der Waals surface area contributed by atoms with Crippen LogP contribution in [-0.4, -0.2) is 22.6 Å². The molecular weight excluding hydrogens is 312 g/mol. The Labute approximate surface area is 146 Å². The second-order valence-electron chi connectivity index (χ2n) is 6.78. The van der Waals surface area contributed by atoms with Crippen molar-refractivity contribution in [1.29, 1.82) is 0 Å². The standard InChI is InChI=1S/C21H18N2O2/c24-20(16-6-5-7-17(14-16)22-12-3-4-13-22)23-15-21(10-11-21)25-19-9-2-1-8-18(19)23/h1-9,12-14H,10-11,15H2. The van der Waals surface area contributed by atoms with Crippen LogP contribution in [-0.2, 0) is 0 Å². The predicted octanol–water partition coefficient (Wildman–Crippen LogP) is 4.05. The van der Waals surface area contributed by atoms with Crippen molar-refractivity contribution in [2.45, 2.75) is 18.4 Å². The summed E-state index contributed by atoms with van der Waals surface area (Å²) in [6.45, 7) is 0.622. The van der Waals surface area contributed by atoms with E-state index in [2.05, 4.69) is 0 Å². The molecule has 2 heterocycles. The van der Waals surface area contributed by atoms with Crippen molar-refractivity contribution in [3.8, 4) is 11.4 Å². The molecule has 1 saturated carbocycles. The van der Waals surface area contributed by atoms with Crippen molar-refractivity contribution in [2.75, 3.05) is 11.4 Å². The van der Waals surface area contributed by atoms with E-state index in [1.165, 1.54) is 0 Å². The lowest BCUT2D eigenvalue weighted by molar-refractivity contribution is 0.0943. The third-order valence-electron chi connectivity index (χ3n) is 4.98. The summed E-state index contributed by atoms with van der Waals surface area (Å²) in [4.78, 5) is 15.1. The van der Waals surface area contributed by atoms with E-state index in [4.69, 9.17) is 4.74 Å². The van der Waals surface area contributed by atoms with Gasteiger partial charge in [-0.05, 0) is 55.3 Å². The van der Waals surface area contributed by atoms with Crippen molar-refractivity contribution >= 4 is 11.6 Å². The molecule has 124 valence electrons. The van der Waals surface area contributed by atoms with Gasteiger partial charge in [-0.25, -0.2) is 0 Å². The molecule has 5 rings (SSSR count). The Morgan fingerprint density at radius 1 is 0.960 bits per heavy atom. The third-order valence-corrected chi connectivity index (χ3v) is 4.98. The van der Waals surface area contributed by atoms with E-state index in [1.807, 2.05) is 82.5 Å². The highest BCUT2D eigenvalue weighted by Crippen LogP contribution is 2.48. The Kier molecular flexibility index (Phi) is 3.01. The summed E-state index contributed by atoms with van der Waals surface area (Å²) < 4.78 is 8.14. The third kappa shape index (κ3) is 2.41. The van der Waals surface area contributed by atoms with E-state index in [-0.39, 0.29) is 11.5 Å². The molecule has 2 aromatic carbocycles. The van der Waals surface area contributed by atoms with Gasteiger partial charge >= 0.3 is 0 Å². The summed E-state index contributed by atoms with van der Waals surface area (Å²) in [5.41, 5.74) is 2.36.